The molecule has 0 aromatic heterocycles. The predicted octanol–water partition coefficient (Wildman–Crippen LogP) is 3.71. The molecule has 15 heavy (non-hydrogen) atoms. The average molecular weight is 289 g/mol. The lowest BCUT2D eigenvalue weighted by molar-refractivity contribution is 0.601. The minimum atomic E-state index is 0.650. The van der Waals surface area contributed by atoms with Crippen molar-refractivity contribution >= 4 is 27.5 Å². The summed E-state index contributed by atoms with van der Waals surface area (Å²) in [6.45, 7) is 3.29. The van der Waals surface area contributed by atoms with Gasteiger partial charge in [0, 0.05) is 10.5 Å². The van der Waals surface area contributed by atoms with E-state index in [1.54, 1.807) is 0 Å². The van der Waals surface area contributed by atoms with E-state index in [0.717, 1.165) is 15.9 Å². The van der Waals surface area contributed by atoms with Crippen LogP contribution < -0.4 is 5.32 Å². The smallest absolute Gasteiger partial charge is 0.0550 e. The molecule has 0 bridgehead atoms. The summed E-state index contributed by atoms with van der Waals surface area (Å²) >= 11 is 9.52. The lowest BCUT2D eigenvalue weighted by atomic mass is 10.0. The molecule has 1 unspecified atom stereocenters. The van der Waals surface area contributed by atoms with Gasteiger partial charge in [-0.2, -0.15) is 0 Å². The van der Waals surface area contributed by atoms with Crippen LogP contribution in [0.25, 0.3) is 0 Å². The van der Waals surface area contributed by atoms with Gasteiger partial charge < -0.3 is 5.32 Å². The number of hydrogen-bond donors (Lipinski definition) is 1. The van der Waals surface area contributed by atoms with Crippen molar-refractivity contribution in [3.63, 3.8) is 0 Å². The fourth-order valence-corrected chi connectivity index (χ4v) is 2.71. The minimum Gasteiger partial charge on any atom is -0.314 e. The summed E-state index contributed by atoms with van der Waals surface area (Å²) < 4.78 is 1.00. The van der Waals surface area contributed by atoms with Crippen molar-refractivity contribution in [1.29, 1.82) is 0 Å². The summed E-state index contributed by atoms with van der Waals surface area (Å²) in [6, 6.07) is 4.84. The Kier molecular flexibility index (Phi) is 3.70. The molecule has 0 spiro atoms. The van der Waals surface area contributed by atoms with Crippen molar-refractivity contribution < 1.29 is 0 Å². The largest absolute Gasteiger partial charge is 0.314 e. The molecule has 0 saturated carbocycles. The molecule has 0 aliphatic carbocycles. The molecule has 1 heterocycles. The second-order valence-corrected chi connectivity index (χ2v) is 5.45. The van der Waals surface area contributed by atoms with Crippen LogP contribution in [-0.2, 0) is 6.42 Å². The summed E-state index contributed by atoms with van der Waals surface area (Å²) in [4.78, 5) is 0. The third kappa shape index (κ3) is 2.74. The van der Waals surface area contributed by atoms with Crippen molar-refractivity contribution in [3.8, 4) is 0 Å². The van der Waals surface area contributed by atoms with E-state index in [1.165, 1.54) is 30.5 Å². The Labute approximate surface area is 104 Å². The first-order chi connectivity index (χ1) is 7.16. The summed E-state index contributed by atoms with van der Waals surface area (Å²) in [5.74, 6) is 0. The Morgan fingerprint density at radius 1 is 1.53 bits per heavy atom. The van der Waals surface area contributed by atoms with Crippen molar-refractivity contribution in [2.75, 3.05) is 6.54 Å². The zero-order valence-corrected chi connectivity index (χ0v) is 11.2. The van der Waals surface area contributed by atoms with Crippen molar-refractivity contribution in [2.45, 2.75) is 32.2 Å². The number of rotatable bonds is 2. The third-order valence-electron chi connectivity index (χ3n) is 3.01. The first-order valence-electron chi connectivity index (χ1n) is 5.34. The molecule has 82 valence electrons. The molecule has 1 fully saturated rings. The van der Waals surface area contributed by atoms with E-state index in [-0.39, 0.29) is 0 Å². The number of halogens is 2. The SMILES string of the molecule is Cc1cc(Cl)c(Br)cc1CC1CCCN1. The minimum absolute atomic E-state index is 0.650. The van der Waals surface area contributed by atoms with E-state index in [9.17, 15) is 0 Å². The van der Waals surface area contributed by atoms with E-state index in [2.05, 4.69) is 34.2 Å². The molecular formula is C12H15BrClN. The summed E-state index contributed by atoms with van der Waals surface area (Å²) in [7, 11) is 0. The Balaban J connectivity index is 2.16. The van der Waals surface area contributed by atoms with E-state index in [0.29, 0.717) is 6.04 Å². The van der Waals surface area contributed by atoms with Gasteiger partial charge in [-0.25, -0.2) is 0 Å². The molecular weight excluding hydrogens is 273 g/mol. The van der Waals surface area contributed by atoms with Crippen LogP contribution in [0.2, 0.25) is 5.02 Å². The zero-order valence-electron chi connectivity index (χ0n) is 8.82. The highest BCUT2D eigenvalue weighted by molar-refractivity contribution is 9.10. The van der Waals surface area contributed by atoms with Crippen LogP contribution in [0, 0.1) is 6.92 Å². The molecule has 3 heteroatoms. The highest BCUT2D eigenvalue weighted by Gasteiger charge is 2.15. The molecule has 1 aromatic carbocycles. The van der Waals surface area contributed by atoms with Crippen LogP contribution in [-0.4, -0.2) is 12.6 Å². The molecule has 0 amide bonds. The number of benzene rings is 1. The average Bonchev–Trinajstić information content (AvgIpc) is 2.67. The van der Waals surface area contributed by atoms with E-state index in [1.807, 2.05) is 6.07 Å². The molecule has 2 rings (SSSR count). The first kappa shape index (κ1) is 11.4. The molecule has 1 N–H and O–H groups in total. The standard InChI is InChI=1S/C12H15BrClN/c1-8-5-12(14)11(13)7-9(8)6-10-3-2-4-15-10/h5,7,10,15H,2-4,6H2,1H3. The number of aryl methyl sites for hydroxylation is 1. The highest BCUT2D eigenvalue weighted by atomic mass is 79.9. The predicted molar refractivity (Wildman–Crippen MR) is 68.6 cm³/mol. The summed E-state index contributed by atoms with van der Waals surface area (Å²) in [6.07, 6.45) is 3.71. The van der Waals surface area contributed by atoms with Gasteiger partial charge in [-0.15, -0.1) is 0 Å². The van der Waals surface area contributed by atoms with Gasteiger partial charge in [0.2, 0.25) is 0 Å². The molecule has 1 saturated heterocycles. The van der Waals surface area contributed by atoms with Gasteiger partial charge in [0.25, 0.3) is 0 Å². The van der Waals surface area contributed by atoms with Crippen LogP contribution in [0.3, 0.4) is 0 Å². The van der Waals surface area contributed by atoms with Crippen LogP contribution >= 0.6 is 27.5 Å². The Morgan fingerprint density at radius 3 is 3.00 bits per heavy atom. The Hall–Kier alpha value is -0.0500. The lowest BCUT2D eigenvalue weighted by Gasteiger charge is -2.13. The van der Waals surface area contributed by atoms with E-state index >= 15 is 0 Å². The Bertz CT molecular complexity index is 359. The van der Waals surface area contributed by atoms with E-state index in [4.69, 9.17) is 11.6 Å². The third-order valence-corrected chi connectivity index (χ3v) is 4.20. The fraction of sp³-hybridized carbons (Fsp3) is 0.500. The summed E-state index contributed by atoms with van der Waals surface area (Å²) in [5.41, 5.74) is 2.68. The van der Waals surface area contributed by atoms with Gasteiger partial charge >= 0.3 is 0 Å². The highest BCUT2D eigenvalue weighted by Crippen LogP contribution is 2.27. The van der Waals surface area contributed by atoms with Gasteiger partial charge in [0.05, 0.1) is 5.02 Å². The van der Waals surface area contributed by atoms with Crippen LogP contribution in [0.5, 0.6) is 0 Å². The number of nitrogens with one attached hydrogen (secondary N) is 1. The maximum absolute atomic E-state index is 6.04. The van der Waals surface area contributed by atoms with Gasteiger partial charge in [0.15, 0.2) is 0 Å². The molecule has 1 aromatic rings. The van der Waals surface area contributed by atoms with Crippen LogP contribution in [0.15, 0.2) is 16.6 Å². The monoisotopic (exact) mass is 287 g/mol. The Morgan fingerprint density at radius 2 is 2.33 bits per heavy atom. The molecule has 0 radical (unpaired) electrons. The fourth-order valence-electron chi connectivity index (χ4n) is 2.10. The quantitative estimate of drug-likeness (QED) is 0.875. The summed E-state index contributed by atoms with van der Waals surface area (Å²) in [5, 5.41) is 4.32. The maximum Gasteiger partial charge on any atom is 0.0550 e. The molecule has 1 nitrogen and oxygen atoms in total. The number of hydrogen-bond acceptors (Lipinski definition) is 1. The second-order valence-electron chi connectivity index (χ2n) is 4.19. The topological polar surface area (TPSA) is 12.0 Å². The van der Waals surface area contributed by atoms with Crippen LogP contribution in [0.4, 0.5) is 0 Å². The van der Waals surface area contributed by atoms with Crippen molar-refractivity contribution in [1.82, 2.24) is 5.32 Å². The van der Waals surface area contributed by atoms with E-state index < -0.39 is 0 Å². The lowest BCUT2D eigenvalue weighted by Crippen LogP contribution is -2.23. The van der Waals surface area contributed by atoms with Gasteiger partial charge in [-0.05, 0) is 71.9 Å². The zero-order chi connectivity index (χ0) is 10.8. The second kappa shape index (κ2) is 4.86. The van der Waals surface area contributed by atoms with Crippen molar-refractivity contribution in [2.24, 2.45) is 0 Å². The first-order valence-corrected chi connectivity index (χ1v) is 6.52. The van der Waals surface area contributed by atoms with Gasteiger partial charge in [0.1, 0.15) is 0 Å². The maximum atomic E-state index is 6.04. The normalized spacial score (nSPS) is 20.9. The van der Waals surface area contributed by atoms with Gasteiger partial charge in [-0.1, -0.05) is 11.6 Å². The van der Waals surface area contributed by atoms with Crippen molar-refractivity contribution in [3.05, 3.63) is 32.8 Å². The molecule has 1 aliphatic heterocycles. The molecule has 1 aliphatic rings. The molecule has 1 atom stereocenters. The van der Waals surface area contributed by atoms with Crippen LogP contribution in [0.1, 0.15) is 24.0 Å². The van der Waals surface area contributed by atoms with Gasteiger partial charge in [-0.3, -0.25) is 0 Å².